The van der Waals surface area contributed by atoms with Crippen molar-refractivity contribution < 1.29 is 14.2 Å². The van der Waals surface area contributed by atoms with Gasteiger partial charge in [0, 0.05) is 37.6 Å². The summed E-state index contributed by atoms with van der Waals surface area (Å²) in [7, 11) is 4.78. The highest BCUT2D eigenvalue weighted by molar-refractivity contribution is 5.76. The lowest BCUT2D eigenvalue weighted by Gasteiger charge is -2.20. The van der Waals surface area contributed by atoms with Gasteiger partial charge in [-0.2, -0.15) is 10.1 Å². The molecule has 164 valence electrons. The number of methoxy groups -OCH3 is 3. The summed E-state index contributed by atoms with van der Waals surface area (Å²) >= 11 is 0. The van der Waals surface area contributed by atoms with Crippen LogP contribution in [0.2, 0.25) is 0 Å². The smallest absolute Gasteiger partial charge is 0.319 e. The average molecular weight is 432 g/mol. The number of nitrogens with zero attached hydrogens (tertiary/aromatic N) is 6. The quantitative estimate of drug-likeness (QED) is 0.459. The Kier molecular flexibility index (Phi) is 5.22. The Bertz CT molecular complexity index is 1240. The number of hydrogen-bond donors (Lipinski definition) is 0. The summed E-state index contributed by atoms with van der Waals surface area (Å²) in [5.74, 6) is 1.72. The molecule has 0 saturated carbocycles. The molecule has 3 aromatic heterocycles. The fourth-order valence-electron chi connectivity index (χ4n) is 4.17. The zero-order valence-corrected chi connectivity index (χ0v) is 18.2. The lowest BCUT2D eigenvalue weighted by molar-refractivity contribution is 0.353. The van der Waals surface area contributed by atoms with Gasteiger partial charge in [-0.25, -0.2) is 14.5 Å². The van der Waals surface area contributed by atoms with E-state index in [0.717, 1.165) is 36.6 Å². The third-order valence-corrected chi connectivity index (χ3v) is 5.84. The van der Waals surface area contributed by atoms with Gasteiger partial charge in [0.25, 0.3) is 0 Å². The van der Waals surface area contributed by atoms with Crippen molar-refractivity contribution in [2.75, 3.05) is 39.3 Å². The van der Waals surface area contributed by atoms with Crippen LogP contribution >= 0.6 is 0 Å². The molecule has 4 heterocycles. The van der Waals surface area contributed by atoms with Gasteiger partial charge >= 0.3 is 6.01 Å². The van der Waals surface area contributed by atoms with Crippen LogP contribution in [0.1, 0.15) is 17.9 Å². The molecule has 1 saturated heterocycles. The standard InChI is InChI=1S/C23H24N6O3/c1-30-17-6-4-15(5-7-17)16-8-10-28(14-16)20-12-19(27-29-11-9-24-21(20)29)18-13-25-23(32-3)26-22(18)31-2/h4-7,9,11-13,16H,8,10,14H2,1-3H3. The lowest BCUT2D eigenvalue weighted by Crippen LogP contribution is -2.20. The highest BCUT2D eigenvalue weighted by Gasteiger charge is 2.27. The molecule has 0 amide bonds. The van der Waals surface area contributed by atoms with E-state index in [-0.39, 0.29) is 6.01 Å². The third kappa shape index (κ3) is 3.55. The first kappa shape index (κ1) is 20.0. The Morgan fingerprint density at radius 1 is 1.00 bits per heavy atom. The molecule has 0 spiro atoms. The second-order valence-corrected chi connectivity index (χ2v) is 7.59. The predicted octanol–water partition coefficient (Wildman–Crippen LogP) is 3.21. The molecule has 9 heteroatoms. The monoisotopic (exact) mass is 432 g/mol. The molecular weight excluding hydrogens is 408 g/mol. The molecular formula is C23H24N6O3. The molecule has 1 aliphatic heterocycles. The van der Waals surface area contributed by atoms with E-state index < -0.39 is 0 Å². The van der Waals surface area contributed by atoms with Gasteiger partial charge in [0.15, 0.2) is 5.65 Å². The maximum Gasteiger partial charge on any atom is 0.319 e. The minimum atomic E-state index is 0.247. The van der Waals surface area contributed by atoms with Gasteiger partial charge < -0.3 is 19.1 Å². The first-order chi connectivity index (χ1) is 15.7. The molecule has 0 radical (unpaired) electrons. The van der Waals surface area contributed by atoms with Crippen molar-refractivity contribution in [3.8, 4) is 28.9 Å². The molecule has 1 aromatic carbocycles. The number of benzene rings is 1. The van der Waals surface area contributed by atoms with Gasteiger partial charge in [0.1, 0.15) is 11.4 Å². The van der Waals surface area contributed by atoms with E-state index >= 15 is 0 Å². The van der Waals surface area contributed by atoms with Crippen LogP contribution in [-0.4, -0.2) is 59.0 Å². The second-order valence-electron chi connectivity index (χ2n) is 7.59. The molecule has 1 unspecified atom stereocenters. The number of imidazole rings is 1. The summed E-state index contributed by atoms with van der Waals surface area (Å²) in [4.78, 5) is 15.5. The van der Waals surface area contributed by atoms with Gasteiger partial charge in [0.05, 0.1) is 32.6 Å². The van der Waals surface area contributed by atoms with Gasteiger partial charge in [0.2, 0.25) is 5.88 Å². The van der Waals surface area contributed by atoms with E-state index in [2.05, 4.69) is 32.0 Å². The van der Waals surface area contributed by atoms with Crippen molar-refractivity contribution >= 4 is 11.3 Å². The van der Waals surface area contributed by atoms with Crippen LogP contribution in [0.3, 0.4) is 0 Å². The van der Waals surface area contributed by atoms with E-state index in [1.165, 1.54) is 12.7 Å². The van der Waals surface area contributed by atoms with Gasteiger partial charge in [-0.3, -0.25) is 0 Å². The van der Waals surface area contributed by atoms with Crippen molar-refractivity contribution in [2.24, 2.45) is 0 Å². The average Bonchev–Trinajstić information content (AvgIpc) is 3.53. The number of anilines is 1. The highest BCUT2D eigenvalue weighted by atomic mass is 16.5. The zero-order valence-electron chi connectivity index (χ0n) is 18.2. The van der Waals surface area contributed by atoms with Crippen molar-refractivity contribution in [3.63, 3.8) is 0 Å². The van der Waals surface area contributed by atoms with Crippen molar-refractivity contribution in [1.82, 2.24) is 24.6 Å². The summed E-state index contributed by atoms with van der Waals surface area (Å²) in [6, 6.07) is 10.6. The lowest BCUT2D eigenvalue weighted by atomic mass is 9.98. The minimum absolute atomic E-state index is 0.247. The Balaban J connectivity index is 1.50. The van der Waals surface area contributed by atoms with Crippen LogP contribution in [0.4, 0.5) is 5.69 Å². The maximum atomic E-state index is 5.48. The molecule has 5 rings (SSSR count). The van der Waals surface area contributed by atoms with Crippen LogP contribution in [0.15, 0.2) is 48.9 Å². The van der Waals surface area contributed by atoms with Crippen LogP contribution < -0.4 is 19.1 Å². The van der Waals surface area contributed by atoms with E-state index in [9.17, 15) is 0 Å². The van der Waals surface area contributed by atoms with Crippen LogP contribution in [0.5, 0.6) is 17.6 Å². The first-order valence-electron chi connectivity index (χ1n) is 10.4. The van der Waals surface area contributed by atoms with E-state index in [0.29, 0.717) is 23.1 Å². The number of rotatable bonds is 6. The van der Waals surface area contributed by atoms with Crippen LogP contribution in [0, 0.1) is 0 Å². The topological polar surface area (TPSA) is 86.9 Å². The molecule has 0 bridgehead atoms. The van der Waals surface area contributed by atoms with E-state index in [1.807, 2.05) is 24.4 Å². The summed E-state index contributed by atoms with van der Waals surface area (Å²) in [6.07, 6.45) is 6.33. The molecule has 1 fully saturated rings. The molecule has 0 N–H and O–H groups in total. The van der Waals surface area contributed by atoms with Gasteiger partial charge in [-0.05, 0) is 30.2 Å². The summed E-state index contributed by atoms with van der Waals surface area (Å²) in [5, 5.41) is 4.71. The Morgan fingerprint density at radius 3 is 2.59 bits per heavy atom. The van der Waals surface area contributed by atoms with Crippen molar-refractivity contribution in [2.45, 2.75) is 12.3 Å². The normalized spacial score (nSPS) is 15.8. The maximum absolute atomic E-state index is 5.48. The first-order valence-corrected chi connectivity index (χ1v) is 10.4. The Morgan fingerprint density at radius 2 is 1.84 bits per heavy atom. The van der Waals surface area contributed by atoms with Crippen molar-refractivity contribution in [1.29, 1.82) is 0 Å². The number of hydrogen-bond acceptors (Lipinski definition) is 8. The Hall–Kier alpha value is -3.88. The van der Waals surface area contributed by atoms with Gasteiger partial charge in [-0.1, -0.05) is 12.1 Å². The second kappa shape index (κ2) is 8.33. The SMILES string of the molecule is COc1ccc(C2CCN(c3cc(-c4cnc(OC)nc4OC)nn4ccnc34)C2)cc1. The molecule has 1 aliphatic rings. The van der Waals surface area contributed by atoms with E-state index in [4.69, 9.17) is 19.3 Å². The number of fused-ring (bicyclic) bond motifs is 1. The molecule has 4 aromatic rings. The minimum Gasteiger partial charge on any atom is -0.497 e. The third-order valence-electron chi connectivity index (χ3n) is 5.84. The summed E-state index contributed by atoms with van der Waals surface area (Å²) in [6.45, 7) is 1.83. The fourth-order valence-corrected chi connectivity index (χ4v) is 4.17. The van der Waals surface area contributed by atoms with Crippen LogP contribution in [-0.2, 0) is 0 Å². The molecule has 0 aliphatic carbocycles. The van der Waals surface area contributed by atoms with Gasteiger partial charge in [-0.15, -0.1) is 0 Å². The van der Waals surface area contributed by atoms with Crippen LogP contribution in [0.25, 0.3) is 16.9 Å². The molecule has 32 heavy (non-hydrogen) atoms. The molecule has 1 atom stereocenters. The zero-order chi connectivity index (χ0) is 22.1. The van der Waals surface area contributed by atoms with E-state index in [1.54, 1.807) is 31.1 Å². The predicted molar refractivity (Wildman–Crippen MR) is 120 cm³/mol. The Labute approximate surface area is 185 Å². The highest BCUT2D eigenvalue weighted by Crippen LogP contribution is 2.36. The number of ether oxygens (including phenoxy) is 3. The summed E-state index contributed by atoms with van der Waals surface area (Å²) < 4.78 is 17.7. The fraction of sp³-hybridized carbons (Fsp3) is 0.304. The largest absolute Gasteiger partial charge is 0.497 e. The molecule has 9 nitrogen and oxygen atoms in total. The van der Waals surface area contributed by atoms with Crippen molar-refractivity contribution in [3.05, 3.63) is 54.5 Å². The summed E-state index contributed by atoms with van der Waals surface area (Å²) in [5.41, 5.74) is 4.55. The number of aromatic nitrogens is 5.